The summed E-state index contributed by atoms with van der Waals surface area (Å²) in [6.45, 7) is 0. The smallest absolute Gasteiger partial charge is 0.149 e. The highest BCUT2D eigenvalue weighted by atomic mass is 33.1. The molecule has 0 amide bonds. The summed E-state index contributed by atoms with van der Waals surface area (Å²) in [6.07, 6.45) is 0.387. The molecule has 0 bridgehead atoms. The Morgan fingerprint density at radius 2 is 2.20 bits per heavy atom. The van der Waals surface area contributed by atoms with Gasteiger partial charge in [0.15, 0.2) is 0 Å². The molecule has 0 rings (SSSR count). The summed E-state index contributed by atoms with van der Waals surface area (Å²) >= 11 is 0. The van der Waals surface area contributed by atoms with Crippen molar-refractivity contribution in [2.75, 3.05) is 5.75 Å². The molecule has 0 spiro atoms. The van der Waals surface area contributed by atoms with Gasteiger partial charge in [0.25, 0.3) is 0 Å². The van der Waals surface area contributed by atoms with Gasteiger partial charge in [0.2, 0.25) is 0 Å². The van der Waals surface area contributed by atoms with E-state index in [2.05, 4.69) is 0 Å². The molecular weight excluding hydrogens is 178 g/mol. The first kappa shape index (κ1) is 9.89. The van der Waals surface area contributed by atoms with Crippen molar-refractivity contribution in [1.82, 2.24) is 0 Å². The quantitative estimate of drug-likeness (QED) is 0.331. The van der Waals surface area contributed by atoms with Crippen molar-refractivity contribution in [3.05, 3.63) is 0 Å². The maximum absolute atomic E-state index is 9.89. The van der Waals surface area contributed by atoms with Crippen LogP contribution >= 0.6 is 10.8 Å². The molecule has 60 valence electrons. The number of carbonyl (C=O) groups is 1. The van der Waals surface area contributed by atoms with Crippen molar-refractivity contribution in [2.24, 2.45) is 5.73 Å². The van der Waals surface area contributed by atoms with E-state index in [9.17, 15) is 17.8 Å². The van der Waals surface area contributed by atoms with Gasteiger partial charge in [-0.3, -0.25) is 0 Å². The summed E-state index contributed by atoms with van der Waals surface area (Å²) in [5, 5.41) is 0. The van der Waals surface area contributed by atoms with Gasteiger partial charge in [0, 0.05) is 5.75 Å². The number of hydrogen-bond acceptors (Lipinski definition) is 6. The number of rotatable bonds is 4. The van der Waals surface area contributed by atoms with Crippen molar-refractivity contribution in [3.63, 3.8) is 0 Å². The molecule has 0 heterocycles. The van der Waals surface area contributed by atoms with Gasteiger partial charge >= 0.3 is 0 Å². The van der Waals surface area contributed by atoms with Crippen LogP contribution in [0.2, 0.25) is 0 Å². The monoisotopic (exact) mass is 184 g/mol. The van der Waals surface area contributed by atoms with Crippen LogP contribution in [0.4, 0.5) is 0 Å². The second-order valence-electron chi connectivity index (χ2n) is 1.49. The van der Waals surface area contributed by atoms with E-state index >= 15 is 0 Å². The zero-order chi connectivity index (χ0) is 8.20. The maximum atomic E-state index is 9.89. The van der Waals surface area contributed by atoms with E-state index in [0.29, 0.717) is 6.29 Å². The molecular formula is C3H6NO4S2-. The number of carbonyl (C=O) groups excluding carboxylic acids is 1. The van der Waals surface area contributed by atoms with Gasteiger partial charge in [-0.2, -0.15) is 0 Å². The highest BCUT2D eigenvalue weighted by Crippen LogP contribution is 2.08. The summed E-state index contributed by atoms with van der Waals surface area (Å²) in [7, 11) is -4.17. The van der Waals surface area contributed by atoms with Crippen LogP contribution in [0.5, 0.6) is 0 Å². The predicted octanol–water partition coefficient (Wildman–Crippen LogP) is -1.29. The lowest BCUT2D eigenvalue weighted by molar-refractivity contribution is -0.108. The molecule has 1 atom stereocenters. The van der Waals surface area contributed by atoms with Gasteiger partial charge in [0.1, 0.15) is 15.4 Å². The Bertz CT molecular complexity index is 199. The second kappa shape index (κ2) is 3.91. The van der Waals surface area contributed by atoms with Crippen molar-refractivity contribution in [3.8, 4) is 0 Å². The van der Waals surface area contributed by atoms with E-state index < -0.39 is 15.2 Å². The van der Waals surface area contributed by atoms with Gasteiger partial charge in [-0.05, 0) is 10.8 Å². The molecule has 0 aromatic rings. The molecule has 0 saturated heterocycles. The van der Waals surface area contributed by atoms with Crippen molar-refractivity contribution in [2.45, 2.75) is 6.04 Å². The second-order valence-corrected chi connectivity index (χ2v) is 4.81. The molecule has 10 heavy (non-hydrogen) atoms. The third kappa shape index (κ3) is 6.02. The normalized spacial score (nSPS) is 14.6. The average Bonchev–Trinajstić information content (AvgIpc) is 1.81. The van der Waals surface area contributed by atoms with Gasteiger partial charge in [-0.1, -0.05) is 0 Å². The minimum Gasteiger partial charge on any atom is -0.739 e. The standard InChI is InChI=1S/C3H7NO4S2/c4-3(1-5)2-9-10(6,7)8/h1,3H,2,4H2,(H,6,7,8)/p-1. The fourth-order valence-corrected chi connectivity index (χ4v) is 1.57. The molecule has 0 aliphatic carbocycles. The Hall–Kier alpha value is -0.110. The van der Waals surface area contributed by atoms with Crippen LogP contribution in [0.25, 0.3) is 0 Å². The Labute approximate surface area is 62.1 Å². The maximum Gasteiger partial charge on any atom is 0.149 e. The zero-order valence-corrected chi connectivity index (χ0v) is 6.52. The highest BCUT2D eigenvalue weighted by Gasteiger charge is 2.02. The molecule has 0 radical (unpaired) electrons. The summed E-state index contributed by atoms with van der Waals surface area (Å²) in [5.41, 5.74) is 4.99. The van der Waals surface area contributed by atoms with E-state index in [1.807, 2.05) is 0 Å². The van der Waals surface area contributed by atoms with Crippen LogP contribution in [0.15, 0.2) is 0 Å². The lowest BCUT2D eigenvalue weighted by atomic mass is 10.4. The van der Waals surface area contributed by atoms with E-state index in [1.54, 1.807) is 0 Å². The molecule has 0 aromatic heterocycles. The van der Waals surface area contributed by atoms with Crippen LogP contribution in [0.1, 0.15) is 0 Å². The predicted molar refractivity (Wildman–Crippen MR) is 36.2 cm³/mol. The molecule has 0 aliphatic rings. The fourth-order valence-electron chi connectivity index (χ4n) is 0.201. The lowest BCUT2D eigenvalue weighted by Gasteiger charge is -2.06. The SMILES string of the molecule is NC(C=O)CSS(=O)(=O)[O-]. The topological polar surface area (TPSA) is 100 Å². The fraction of sp³-hybridized carbons (Fsp3) is 0.667. The van der Waals surface area contributed by atoms with Crippen LogP contribution in [0.3, 0.4) is 0 Å². The zero-order valence-electron chi connectivity index (χ0n) is 4.89. The van der Waals surface area contributed by atoms with Crippen LogP contribution in [-0.4, -0.2) is 31.1 Å². The Kier molecular flexibility index (Phi) is 3.87. The summed E-state index contributed by atoms with van der Waals surface area (Å²) in [5.74, 6) is -0.185. The first-order valence-corrected chi connectivity index (χ1v) is 5.18. The summed E-state index contributed by atoms with van der Waals surface area (Å²) in [4.78, 5) is 9.79. The van der Waals surface area contributed by atoms with Crippen molar-refractivity contribution >= 4 is 26.2 Å². The van der Waals surface area contributed by atoms with Gasteiger partial charge < -0.3 is 15.1 Å². The number of nitrogens with two attached hydrogens (primary N) is 1. The van der Waals surface area contributed by atoms with Gasteiger partial charge in [-0.15, -0.1) is 0 Å². The lowest BCUT2D eigenvalue weighted by Crippen LogP contribution is -2.24. The minimum atomic E-state index is -4.30. The first-order chi connectivity index (χ1) is 4.45. The minimum absolute atomic E-state index is 0.127. The van der Waals surface area contributed by atoms with E-state index in [4.69, 9.17) is 5.73 Å². The van der Waals surface area contributed by atoms with Crippen molar-refractivity contribution in [1.29, 1.82) is 0 Å². The van der Waals surface area contributed by atoms with Crippen LogP contribution in [-0.2, 0) is 13.9 Å². The summed E-state index contributed by atoms with van der Waals surface area (Å²) < 4.78 is 29.7. The van der Waals surface area contributed by atoms with Crippen LogP contribution < -0.4 is 5.73 Å². The molecule has 5 nitrogen and oxygen atoms in total. The molecule has 2 N–H and O–H groups in total. The third-order valence-electron chi connectivity index (χ3n) is 0.580. The van der Waals surface area contributed by atoms with Crippen LogP contribution in [0, 0.1) is 0 Å². The third-order valence-corrected chi connectivity index (χ3v) is 2.66. The van der Waals surface area contributed by atoms with Gasteiger partial charge in [-0.25, -0.2) is 8.42 Å². The molecule has 7 heteroatoms. The number of aldehydes is 1. The van der Waals surface area contributed by atoms with E-state index in [0.717, 1.165) is 0 Å². The summed E-state index contributed by atoms with van der Waals surface area (Å²) in [6, 6.07) is -0.881. The Morgan fingerprint density at radius 1 is 1.70 bits per heavy atom. The van der Waals surface area contributed by atoms with E-state index in [1.165, 1.54) is 0 Å². The van der Waals surface area contributed by atoms with E-state index in [-0.39, 0.29) is 16.5 Å². The molecule has 0 aliphatic heterocycles. The average molecular weight is 184 g/mol. The largest absolute Gasteiger partial charge is 0.739 e. The molecule has 0 fully saturated rings. The first-order valence-electron chi connectivity index (χ1n) is 2.27. The molecule has 0 saturated carbocycles. The Morgan fingerprint density at radius 3 is 2.50 bits per heavy atom. The van der Waals surface area contributed by atoms with Crippen molar-refractivity contribution < 1.29 is 17.8 Å². The molecule has 0 aromatic carbocycles. The molecule has 1 unspecified atom stereocenters. The number of hydrogen-bond donors (Lipinski definition) is 1. The van der Waals surface area contributed by atoms with Gasteiger partial charge in [0.05, 0.1) is 6.04 Å². The highest BCUT2D eigenvalue weighted by molar-refractivity contribution is 8.69. The Balaban J connectivity index is 3.66.